The molecule has 0 N–H and O–H groups in total. The van der Waals surface area contributed by atoms with E-state index in [1.165, 1.54) is 22.6 Å². The number of para-hydroxylation sites is 1. The number of carbonyl (C=O) groups excluding carboxylic acids is 2. The smallest absolute Gasteiger partial charge is 0.293 e. The molecule has 1 aliphatic rings. The number of hydrogen-bond donors (Lipinski definition) is 0. The van der Waals surface area contributed by atoms with E-state index in [1.807, 2.05) is 52.0 Å². The zero-order valence-electron chi connectivity index (χ0n) is 21.6. The van der Waals surface area contributed by atoms with E-state index in [-0.39, 0.29) is 35.8 Å². The molecule has 2 heterocycles. The fourth-order valence-electron chi connectivity index (χ4n) is 4.72. The number of nitrogens with zero attached hydrogens (tertiary/aromatic N) is 1. The second-order valence-electron chi connectivity index (χ2n) is 9.87. The van der Waals surface area contributed by atoms with Gasteiger partial charge in [-0.2, -0.15) is 4.31 Å². The maximum atomic E-state index is 13.6. The van der Waals surface area contributed by atoms with Crippen molar-refractivity contribution in [2.45, 2.75) is 63.7 Å². The summed E-state index contributed by atoms with van der Waals surface area (Å²) in [6, 6.07) is 16.2. The predicted octanol–water partition coefficient (Wildman–Crippen LogP) is 5.31. The highest BCUT2D eigenvalue weighted by Gasteiger charge is 2.37. The second kappa shape index (κ2) is 10.4. The molecule has 0 spiro atoms. The van der Waals surface area contributed by atoms with Gasteiger partial charge in [-0.05, 0) is 75.6 Å². The molecule has 1 aromatic heterocycles. The van der Waals surface area contributed by atoms with Crippen molar-refractivity contribution in [3.63, 3.8) is 0 Å². The van der Waals surface area contributed by atoms with E-state index < -0.39 is 15.6 Å². The van der Waals surface area contributed by atoms with Crippen LogP contribution in [0.2, 0.25) is 0 Å². The van der Waals surface area contributed by atoms with E-state index in [9.17, 15) is 18.0 Å². The molecule has 0 fully saturated rings. The van der Waals surface area contributed by atoms with E-state index in [1.54, 1.807) is 30.3 Å². The maximum Gasteiger partial charge on any atom is 0.293 e. The van der Waals surface area contributed by atoms with Gasteiger partial charge in [-0.25, -0.2) is 8.42 Å². The van der Waals surface area contributed by atoms with Crippen LogP contribution in [0.15, 0.2) is 59.5 Å². The third kappa shape index (κ3) is 5.49. The Kier molecular flexibility index (Phi) is 7.60. The van der Waals surface area contributed by atoms with E-state index in [2.05, 4.69) is 0 Å². The number of hydrogen-bond acceptors (Lipinski definition) is 7. The monoisotopic (exact) mass is 541 g/mol. The summed E-state index contributed by atoms with van der Waals surface area (Å²) in [7, 11) is -3.79. The van der Waals surface area contributed by atoms with Crippen molar-refractivity contribution >= 4 is 33.6 Å². The third-order valence-corrected chi connectivity index (χ3v) is 9.72. The lowest BCUT2D eigenvalue weighted by molar-refractivity contribution is -0.141. The van der Waals surface area contributed by atoms with Crippen LogP contribution in [0.25, 0.3) is 0 Å². The summed E-state index contributed by atoms with van der Waals surface area (Å²) >= 11 is 1.37. The second-order valence-corrected chi connectivity index (χ2v) is 12.9. The van der Waals surface area contributed by atoms with Crippen molar-refractivity contribution < 1.29 is 27.5 Å². The number of rotatable bonds is 8. The fourth-order valence-corrected chi connectivity index (χ4v) is 7.54. The molecule has 7 nitrogen and oxygen atoms in total. The van der Waals surface area contributed by atoms with Gasteiger partial charge in [0.15, 0.2) is 5.78 Å². The van der Waals surface area contributed by atoms with Crippen molar-refractivity contribution in [3.05, 3.63) is 81.0 Å². The summed E-state index contributed by atoms with van der Waals surface area (Å²) in [4.78, 5) is 25.0. The van der Waals surface area contributed by atoms with Crippen molar-refractivity contribution in [1.82, 2.24) is 4.31 Å². The molecule has 0 bridgehead atoms. The number of thiophene rings is 1. The first-order valence-electron chi connectivity index (χ1n) is 12.0. The van der Waals surface area contributed by atoms with Crippen LogP contribution >= 0.6 is 11.3 Å². The summed E-state index contributed by atoms with van der Waals surface area (Å²) < 4.78 is 40.1. The normalized spacial score (nSPS) is 18.2. The number of ether oxygens (including phenoxy) is 2. The molecular formula is C28H31NO6S2. The molecule has 1 unspecified atom stereocenters. The molecule has 0 amide bonds. The van der Waals surface area contributed by atoms with Gasteiger partial charge < -0.3 is 9.47 Å². The van der Waals surface area contributed by atoms with Crippen LogP contribution < -0.4 is 4.74 Å². The number of fused-ring (bicyclic) bond motifs is 1. The average Bonchev–Trinajstić information content (AvgIpc) is 3.27. The van der Waals surface area contributed by atoms with Crippen molar-refractivity contribution in [3.8, 4) is 5.75 Å². The van der Waals surface area contributed by atoms with Gasteiger partial charge in [-0.3, -0.25) is 9.59 Å². The Morgan fingerprint density at radius 3 is 2.62 bits per heavy atom. The van der Waals surface area contributed by atoms with Crippen molar-refractivity contribution in [2.75, 3.05) is 6.54 Å². The molecule has 4 rings (SSSR count). The third-order valence-electron chi connectivity index (χ3n) is 6.61. The van der Waals surface area contributed by atoms with Crippen LogP contribution in [0, 0.1) is 6.92 Å². The van der Waals surface area contributed by atoms with Crippen LogP contribution in [-0.2, 0) is 26.1 Å². The molecule has 0 saturated heterocycles. The molecule has 37 heavy (non-hydrogen) atoms. The summed E-state index contributed by atoms with van der Waals surface area (Å²) in [5.41, 5.74) is 1.72. The van der Waals surface area contributed by atoms with Gasteiger partial charge in [-0.15, -0.1) is 11.3 Å². The summed E-state index contributed by atoms with van der Waals surface area (Å²) in [6.07, 6.45) is -0.328. The minimum Gasteiger partial charge on any atom is -0.488 e. The molecule has 0 saturated carbocycles. The topological polar surface area (TPSA) is 90.0 Å². The summed E-state index contributed by atoms with van der Waals surface area (Å²) in [5, 5.41) is 0. The summed E-state index contributed by atoms with van der Waals surface area (Å²) in [6.45, 7) is 9.77. The number of sulfonamides is 1. The number of carbonyl (C=O) groups is 2. The lowest BCUT2D eigenvalue weighted by atomic mass is 9.82. The first-order valence-corrected chi connectivity index (χ1v) is 14.3. The first-order chi connectivity index (χ1) is 17.4. The van der Waals surface area contributed by atoms with Crippen molar-refractivity contribution in [2.24, 2.45) is 0 Å². The van der Waals surface area contributed by atoms with Gasteiger partial charge in [-0.1, -0.05) is 30.3 Å². The Morgan fingerprint density at radius 2 is 1.95 bits per heavy atom. The lowest BCUT2D eigenvalue weighted by Crippen LogP contribution is -2.36. The van der Waals surface area contributed by atoms with Gasteiger partial charge in [0.25, 0.3) is 6.47 Å². The number of Topliss-reactive ketones (excluding diaryl/α,β-unsaturated/α-hetero) is 1. The molecule has 2 atom stereocenters. The number of ketones is 1. The highest BCUT2D eigenvalue weighted by molar-refractivity contribution is 7.89. The Hall–Kier alpha value is -3.01. The van der Waals surface area contributed by atoms with Gasteiger partial charge in [0.2, 0.25) is 10.0 Å². The van der Waals surface area contributed by atoms with Crippen molar-refractivity contribution in [1.29, 1.82) is 0 Å². The number of benzene rings is 2. The zero-order valence-corrected chi connectivity index (χ0v) is 23.2. The van der Waals surface area contributed by atoms with Crippen LogP contribution in [0.5, 0.6) is 5.75 Å². The highest BCUT2D eigenvalue weighted by Crippen LogP contribution is 2.41. The van der Waals surface area contributed by atoms with E-state index in [0.717, 1.165) is 21.6 Å². The maximum absolute atomic E-state index is 13.6. The molecule has 9 heteroatoms. The standard InChI is InChI=1S/C28H31NO6S2/c1-18-10-11-21(27(28(4,5)34-17-30)25-13-12-24(36-25)20(3)31)14-22(18)16-29-15-19(2)35-23-8-6-7-9-26(23)37(29,32)33/h6-14,17,19,27H,15-16H2,1-5H3/t19-,27?/m1/s1. The number of aryl methyl sites for hydroxylation is 1. The molecule has 1 aliphatic heterocycles. The highest BCUT2D eigenvalue weighted by atomic mass is 32.2. The van der Waals surface area contributed by atoms with Crippen LogP contribution in [0.1, 0.15) is 64.9 Å². The quantitative estimate of drug-likeness (QED) is 0.283. The van der Waals surface area contributed by atoms with Crippen LogP contribution in [-0.4, -0.2) is 43.2 Å². The Bertz CT molecular complexity index is 1430. The molecule has 0 aliphatic carbocycles. The average molecular weight is 542 g/mol. The van der Waals surface area contributed by atoms with Gasteiger partial charge in [0.1, 0.15) is 22.4 Å². The van der Waals surface area contributed by atoms with Gasteiger partial charge in [0.05, 0.1) is 17.3 Å². The van der Waals surface area contributed by atoms with E-state index in [4.69, 9.17) is 9.47 Å². The Morgan fingerprint density at radius 1 is 1.22 bits per heavy atom. The first kappa shape index (κ1) is 27.0. The summed E-state index contributed by atoms with van der Waals surface area (Å²) in [5.74, 6) is -0.0367. The largest absolute Gasteiger partial charge is 0.488 e. The molecule has 3 aromatic rings. The molecular weight excluding hydrogens is 510 g/mol. The minimum absolute atomic E-state index is 0.0308. The van der Waals surface area contributed by atoms with E-state index in [0.29, 0.717) is 17.1 Å². The van der Waals surface area contributed by atoms with E-state index >= 15 is 0 Å². The molecule has 2 aromatic carbocycles. The lowest BCUT2D eigenvalue weighted by Gasteiger charge is -2.33. The fraction of sp³-hybridized carbons (Fsp3) is 0.357. The van der Waals surface area contributed by atoms with Crippen LogP contribution in [0.4, 0.5) is 0 Å². The molecule has 196 valence electrons. The SMILES string of the molecule is CC(=O)c1ccc(C(c2ccc(C)c(CN3C[C@@H](C)Oc4ccccc4S3(=O)=O)c2)C(C)(C)OC=O)s1. The Labute approximate surface area is 222 Å². The predicted molar refractivity (Wildman–Crippen MR) is 143 cm³/mol. The molecule has 0 radical (unpaired) electrons. The van der Waals surface area contributed by atoms with Gasteiger partial charge in [0, 0.05) is 11.4 Å². The van der Waals surface area contributed by atoms with Crippen LogP contribution in [0.3, 0.4) is 0 Å². The zero-order chi connectivity index (χ0) is 27.0. The Balaban J connectivity index is 1.77. The minimum atomic E-state index is -3.79. The van der Waals surface area contributed by atoms with Gasteiger partial charge >= 0.3 is 0 Å².